The fourth-order valence-corrected chi connectivity index (χ4v) is 6.89. The molecule has 0 amide bonds. The molecule has 0 spiro atoms. The van der Waals surface area contributed by atoms with Crippen molar-refractivity contribution in [1.82, 2.24) is 0 Å². The lowest BCUT2D eigenvalue weighted by Gasteiger charge is -2.51. The fourth-order valence-electron chi connectivity index (χ4n) is 6.89. The van der Waals surface area contributed by atoms with Crippen LogP contribution in [0.3, 0.4) is 0 Å². The molecule has 0 aromatic rings. The first-order valence-electron chi connectivity index (χ1n) is 8.90. The van der Waals surface area contributed by atoms with Crippen molar-refractivity contribution in [3.8, 4) is 0 Å². The highest BCUT2D eigenvalue weighted by atomic mass is 14.6. The van der Waals surface area contributed by atoms with E-state index < -0.39 is 0 Å². The predicted octanol–water partition coefficient (Wildman–Crippen LogP) is 5.56. The van der Waals surface area contributed by atoms with Gasteiger partial charge in [-0.1, -0.05) is 44.9 Å². The van der Waals surface area contributed by atoms with Crippen LogP contribution in [0.2, 0.25) is 0 Å². The molecule has 5 rings (SSSR count). The highest BCUT2D eigenvalue weighted by Gasteiger charge is 2.57. The Morgan fingerprint density at radius 2 is 1.33 bits per heavy atom. The summed E-state index contributed by atoms with van der Waals surface area (Å²) < 4.78 is 0. The standard InChI is InChI=1S/C18H30/c1-2-6-14-9-10-16(8-3-1)18-12-5-4-7-15(11-13-18)17(14)18/h14-17H,1-13H2/t14?,15?,16?,17-,18?/m0/s1. The molecule has 102 valence electrons. The van der Waals surface area contributed by atoms with Gasteiger partial charge in [0.05, 0.1) is 0 Å². The summed E-state index contributed by atoms with van der Waals surface area (Å²) in [5, 5.41) is 0. The van der Waals surface area contributed by atoms with Crippen LogP contribution in [0.15, 0.2) is 0 Å². The van der Waals surface area contributed by atoms with Crippen LogP contribution in [0.1, 0.15) is 83.5 Å². The Labute approximate surface area is 113 Å². The van der Waals surface area contributed by atoms with Gasteiger partial charge in [0.1, 0.15) is 0 Å². The second kappa shape index (κ2) is 4.53. The number of hydrogen-bond donors (Lipinski definition) is 0. The number of hydrogen-bond acceptors (Lipinski definition) is 0. The van der Waals surface area contributed by atoms with Gasteiger partial charge in [0, 0.05) is 0 Å². The van der Waals surface area contributed by atoms with E-state index in [4.69, 9.17) is 0 Å². The normalized spacial score (nSPS) is 52.0. The SMILES string of the molecule is C1CCC2CCC(CC1)C13CCCCC(CC1)[C@H]23. The van der Waals surface area contributed by atoms with Crippen molar-refractivity contribution in [2.24, 2.45) is 29.1 Å². The van der Waals surface area contributed by atoms with Crippen molar-refractivity contribution in [3.63, 3.8) is 0 Å². The molecule has 5 aliphatic carbocycles. The minimum absolute atomic E-state index is 0.856. The zero-order chi connectivity index (χ0) is 12.0. The molecule has 4 unspecified atom stereocenters. The van der Waals surface area contributed by atoms with Crippen molar-refractivity contribution < 1.29 is 0 Å². The minimum Gasteiger partial charge on any atom is -0.0533 e. The van der Waals surface area contributed by atoms with E-state index in [9.17, 15) is 0 Å². The summed E-state index contributed by atoms with van der Waals surface area (Å²) in [5.41, 5.74) is 0.856. The van der Waals surface area contributed by atoms with Gasteiger partial charge in [-0.15, -0.1) is 0 Å². The van der Waals surface area contributed by atoms with Gasteiger partial charge in [-0.25, -0.2) is 0 Å². The second-order valence-corrected chi connectivity index (χ2v) is 7.98. The zero-order valence-corrected chi connectivity index (χ0v) is 12.0. The molecule has 0 aliphatic heterocycles. The highest BCUT2D eigenvalue weighted by Crippen LogP contribution is 2.66. The van der Waals surface area contributed by atoms with E-state index in [0.29, 0.717) is 0 Å². The Balaban J connectivity index is 1.74. The van der Waals surface area contributed by atoms with E-state index in [0.717, 1.165) is 23.2 Å². The molecule has 0 heteroatoms. The Kier molecular flexibility index (Phi) is 2.97. The third kappa shape index (κ3) is 1.63. The molecule has 5 fully saturated rings. The van der Waals surface area contributed by atoms with Crippen LogP contribution < -0.4 is 0 Å². The summed E-state index contributed by atoms with van der Waals surface area (Å²) in [5.74, 6) is 4.61. The Morgan fingerprint density at radius 1 is 0.556 bits per heavy atom. The summed E-state index contributed by atoms with van der Waals surface area (Å²) in [4.78, 5) is 0. The van der Waals surface area contributed by atoms with Crippen molar-refractivity contribution in [3.05, 3.63) is 0 Å². The van der Waals surface area contributed by atoms with Crippen molar-refractivity contribution in [2.45, 2.75) is 83.5 Å². The lowest BCUT2D eigenvalue weighted by molar-refractivity contribution is -0.0161. The van der Waals surface area contributed by atoms with Gasteiger partial charge in [-0.3, -0.25) is 0 Å². The van der Waals surface area contributed by atoms with Crippen molar-refractivity contribution in [2.75, 3.05) is 0 Å². The van der Waals surface area contributed by atoms with Gasteiger partial charge >= 0.3 is 0 Å². The number of rotatable bonds is 0. The van der Waals surface area contributed by atoms with Crippen LogP contribution in [0, 0.1) is 29.1 Å². The molecule has 0 saturated heterocycles. The molecule has 5 atom stereocenters. The van der Waals surface area contributed by atoms with Crippen LogP contribution in [-0.4, -0.2) is 0 Å². The van der Waals surface area contributed by atoms with Crippen LogP contribution >= 0.6 is 0 Å². The minimum atomic E-state index is 0.856. The maximum atomic E-state index is 1.63. The largest absolute Gasteiger partial charge is 0.0533 e. The van der Waals surface area contributed by atoms with Gasteiger partial charge < -0.3 is 0 Å². The van der Waals surface area contributed by atoms with E-state index in [1.807, 2.05) is 0 Å². The van der Waals surface area contributed by atoms with Crippen LogP contribution in [0.25, 0.3) is 0 Å². The zero-order valence-electron chi connectivity index (χ0n) is 12.0. The van der Waals surface area contributed by atoms with Gasteiger partial charge in [0.2, 0.25) is 0 Å². The summed E-state index contributed by atoms with van der Waals surface area (Å²) >= 11 is 0. The molecular formula is C18H30. The Morgan fingerprint density at radius 3 is 2.28 bits per heavy atom. The first kappa shape index (κ1) is 11.8. The van der Waals surface area contributed by atoms with Crippen molar-refractivity contribution >= 4 is 0 Å². The van der Waals surface area contributed by atoms with E-state index in [2.05, 4.69) is 0 Å². The summed E-state index contributed by atoms with van der Waals surface area (Å²) in [6.45, 7) is 0. The Hall–Kier alpha value is 0. The second-order valence-electron chi connectivity index (χ2n) is 7.98. The van der Waals surface area contributed by atoms with Gasteiger partial charge in [-0.2, -0.15) is 0 Å². The summed E-state index contributed by atoms with van der Waals surface area (Å²) in [6, 6.07) is 0. The van der Waals surface area contributed by atoms with Gasteiger partial charge in [0.15, 0.2) is 0 Å². The molecule has 5 saturated carbocycles. The smallest absolute Gasteiger partial charge is 0.0235 e. The molecule has 0 radical (unpaired) electrons. The van der Waals surface area contributed by atoms with Gasteiger partial charge in [0.25, 0.3) is 0 Å². The van der Waals surface area contributed by atoms with Crippen LogP contribution in [0.4, 0.5) is 0 Å². The lowest BCUT2D eigenvalue weighted by atomic mass is 9.54. The molecular weight excluding hydrogens is 216 g/mol. The molecule has 4 bridgehead atoms. The van der Waals surface area contributed by atoms with E-state index in [1.54, 1.807) is 83.5 Å². The average molecular weight is 246 g/mol. The topological polar surface area (TPSA) is 0 Å². The van der Waals surface area contributed by atoms with Crippen LogP contribution in [0.5, 0.6) is 0 Å². The highest BCUT2D eigenvalue weighted by molar-refractivity contribution is 5.06. The van der Waals surface area contributed by atoms with Crippen molar-refractivity contribution in [1.29, 1.82) is 0 Å². The monoisotopic (exact) mass is 246 g/mol. The Bertz CT molecular complexity index is 303. The van der Waals surface area contributed by atoms with Gasteiger partial charge in [-0.05, 0) is 67.6 Å². The first-order valence-corrected chi connectivity index (χ1v) is 8.90. The maximum Gasteiger partial charge on any atom is -0.0235 e. The molecule has 0 N–H and O–H groups in total. The third-order valence-corrected chi connectivity index (χ3v) is 7.45. The lowest BCUT2D eigenvalue weighted by Crippen LogP contribution is -2.43. The van der Waals surface area contributed by atoms with E-state index >= 15 is 0 Å². The maximum absolute atomic E-state index is 1.63. The quantitative estimate of drug-likeness (QED) is 0.524. The fraction of sp³-hybridized carbons (Fsp3) is 1.00. The summed E-state index contributed by atoms with van der Waals surface area (Å²) in [7, 11) is 0. The summed E-state index contributed by atoms with van der Waals surface area (Å²) in [6.07, 6.45) is 20.6. The van der Waals surface area contributed by atoms with E-state index in [-0.39, 0.29) is 0 Å². The molecule has 5 aliphatic rings. The molecule has 18 heavy (non-hydrogen) atoms. The predicted molar refractivity (Wildman–Crippen MR) is 76.4 cm³/mol. The van der Waals surface area contributed by atoms with Crippen LogP contribution in [-0.2, 0) is 0 Å². The average Bonchev–Trinajstić information content (AvgIpc) is 2.70. The third-order valence-electron chi connectivity index (χ3n) is 7.45. The number of fused-ring (bicyclic) bond motifs is 5. The molecule has 0 aromatic carbocycles. The molecule has 0 aromatic heterocycles. The van der Waals surface area contributed by atoms with E-state index in [1.165, 1.54) is 5.92 Å². The molecule has 0 heterocycles. The molecule has 0 nitrogen and oxygen atoms in total. The first-order chi connectivity index (χ1) is 8.90.